The molecule has 1 saturated heterocycles. The van der Waals surface area contributed by atoms with Gasteiger partial charge in [-0.05, 0) is 18.9 Å². The number of anilines is 1. The van der Waals surface area contributed by atoms with Crippen molar-refractivity contribution in [3.63, 3.8) is 0 Å². The number of carbonyl (C=O) groups is 2. The molecule has 15 heteroatoms. The van der Waals surface area contributed by atoms with Crippen molar-refractivity contribution in [1.82, 2.24) is 34.0 Å². The molecule has 5 aromatic heterocycles. The summed E-state index contributed by atoms with van der Waals surface area (Å²) in [6, 6.07) is 2.23. The van der Waals surface area contributed by atoms with Crippen LogP contribution < -0.4 is 5.73 Å². The molecule has 0 radical (unpaired) electrons. The number of hydrogen-bond donors (Lipinski definition) is 2. The van der Waals surface area contributed by atoms with Gasteiger partial charge >= 0.3 is 12.1 Å². The molecule has 0 atom stereocenters. The van der Waals surface area contributed by atoms with Gasteiger partial charge in [-0.1, -0.05) is 0 Å². The third-order valence-electron chi connectivity index (χ3n) is 6.60. The molecular formula is C25H23F3N8O4. The van der Waals surface area contributed by atoms with E-state index in [-0.39, 0.29) is 11.9 Å². The minimum atomic E-state index is -5.08. The van der Waals surface area contributed by atoms with Gasteiger partial charge in [0.25, 0.3) is 0 Å². The highest BCUT2D eigenvalue weighted by Gasteiger charge is 2.38. The molecule has 208 valence electrons. The van der Waals surface area contributed by atoms with Gasteiger partial charge < -0.3 is 20.2 Å². The summed E-state index contributed by atoms with van der Waals surface area (Å²) in [5.74, 6) is -1.65. The van der Waals surface area contributed by atoms with Gasteiger partial charge in [0.15, 0.2) is 22.8 Å². The number of aliphatic carboxylic acids is 1. The number of alkyl halides is 3. The summed E-state index contributed by atoms with van der Waals surface area (Å²) in [7, 11) is 0. The number of furan rings is 1. The van der Waals surface area contributed by atoms with E-state index in [1.54, 1.807) is 31.7 Å². The van der Waals surface area contributed by atoms with Crippen molar-refractivity contribution in [2.75, 3.05) is 18.8 Å². The van der Waals surface area contributed by atoms with Gasteiger partial charge in [0, 0.05) is 61.3 Å². The maximum absolute atomic E-state index is 11.6. The number of nitrogen functional groups attached to an aromatic ring is 1. The zero-order chi connectivity index (χ0) is 28.6. The second-order valence-electron chi connectivity index (χ2n) is 9.11. The lowest BCUT2D eigenvalue weighted by Gasteiger charge is -2.31. The number of carboxylic acids is 1. The Morgan fingerprint density at radius 3 is 2.52 bits per heavy atom. The highest BCUT2D eigenvalue weighted by Crippen LogP contribution is 2.37. The van der Waals surface area contributed by atoms with Gasteiger partial charge in [-0.25, -0.2) is 14.8 Å². The smallest absolute Gasteiger partial charge is 0.475 e. The van der Waals surface area contributed by atoms with Crippen molar-refractivity contribution in [3.8, 4) is 22.6 Å². The molecule has 0 aromatic carbocycles. The number of aromatic nitrogens is 6. The number of hydrogen-bond acceptors (Lipinski definition) is 8. The van der Waals surface area contributed by atoms with Gasteiger partial charge in [-0.2, -0.15) is 18.3 Å². The van der Waals surface area contributed by atoms with E-state index >= 15 is 0 Å². The summed E-state index contributed by atoms with van der Waals surface area (Å²) in [5, 5.41) is 12.6. The van der Waals surface area contributed by atoms with Crippen LogP contribution in [0.15, 0.2) is 53.9 Å². The van der Waals surface area contributed by atoms with Crippen LogP contribution in [0.4, 0.5) is 19.0 Å². The van der Waals surface area contributed by atoms with Crippen LogP contribution in [0.1, 0.15) is 25.8 Å². The molecule has 12 nitrogen and oxygen atoms in total. The van der Waals surface area contributed by atoms with Crippen LogP contribution in [-0.4, -0.2) is 70.3 Å². The molecular weight excluding hydrogens is 533 g/mol. The number of piperidine rings is 1. The minimum absolute atomic E-state index is 0.128. The Balaban J connectivity index is 0.000000411. The van der Waals surface area contributed by atoms with E-state index in [9.17, 15) is 18.0 Å². The van der Waals surface area contributed by atoms with Crippen LogP contribution in [0.2, 0.25) is 0 Å². The summed E-state index contributed by atoms with van der Waals surface area (Å²) < 4.78 is 41.8. The molecule has 1 aliphatic heterocycles. The Kier molecular flexibility index (Phi) is 6.87. The van der Waals surface area contributed by atoms with E-state index in [4.69, 9.17) is 20.1 Å². The highest BCUT2D eigenvalue weighted by atomic mass is 19.4. The maximum Gasteiger partial charge on any atom is 0.490 e. The van der Waals surface area contributed by atoms with Gasteiger partial charge in [-0.15, -0.1) is 0 Å². The molecule has 1 amide bonds. The van der Waals surface area contributed by atoms with Crippen LogP contribution in [0, 0.1) is 0 Å². The predicted octanol–water partition coefficient (Wildman–Crippen LogP) is 3.80. The molecule has 6 heterocycles. The van der Waals surface area contributed by atoms with Crippen molar-refractivity contribution in [3.05, 3.63) is 49.4 Å². The first-order valence-corrected chi connectivity index (χ1v) is 12.1. The Morgan fingerprint density at radius 1 is 1.12 bits per heavy atom. The summed E-state index contributed by atoms with van der Waals surface area (Å²) >= 11 is 0. The van der Waals surface area contributed by atoms with Crippen molar-refractivity contribution >= 4 is 34.3 Å². The number of fused-ring (bicyclic) bond motifs is 2. The number of pyridine rings is 1. The monoisotopic (exact) mass is 556 g/mol. The number of imidazole rings is 1. The molecule has 1 aliphatic rings. The Bertz CT molecular complexity index is 1700. The standard InChI is InChI=1S/C23H22N8O2.C2HF3O2/c1-14(32)29-5-2-16(3-6-29)31-13-15(9-28-31)18-10-27-23(24)22-17(18)8-20(33-22)19-11-26-21-12-25-4-7-30(19)21;3-2(4,5)1(6)7/h4,7-13,16H,2-3,5-6H2,1H3,(H2,24,27);(H,6,7). The third-order valence-corrected chi connectivity index (χ3v) is 6.60. The third kappa shape index (κ3) is 5.17. The largest absolute Gasteiger partial charge is 0.490 e. The zero-order valence-corrected chi connectivity index (χ0v) is 21.0. The lowest BCUT2D eigenvalue weighted by molar-refractivity contribution is -0.192. The SMILES string of the molecule is CC(=O)N1CCC(n2cc(-c3cnc(N)c4oc(-c5cnc6cnccn56)cc34)cn2)CC1.O=C(O)C(F)(F)F. The summed E-state index contributed by atoms with van der Waals surface area (Å²) in [5.41, 5.74) is 10.1. The minimum Gasteiger partial charge on any atom is -0.475 e. The van der Waals surface area contributed by atoms with Gasteiger partial charge in [-0.3, -0.25) is 18.9 Å². The Morgan fingerprint density at radius 2 is 1.85 bits per heavy atom. The Hall–Kier alpha value is -4.95. The number of halogens is 3. The van der Waals surface area contributed by atoms with Crippen molar-refractivity contribution in [2.24, 2.45) is 0 Å². The second kappa shape index (κ2) is 10.3. The lowest BCUT2D eigenvalue weighted by Crippen LogP contribution is -2.37. The lowest BCUT2D eigenvalue weighted by atomic mass is 10.0. The van der Waals surface area contributed by atoms with E-state index < -0.39 is 12.1 Å². The molecule has 40 heavy (non-hydrogen) atoms. The number of carbonyl (C=O) groups excluding carboxylic acids is 1. The van der Waals surface area contributed by atoms with E-state index in [2.05, 4.69) is 20.1 Å². The van der Waals surface area contributed by atoms with Crippen LogP contribution >= 0.6 is 0 Å². The number of likely N-dealkylation sites (tertiary alicyclic amines) is 1. The van der Waals surface area contributed by atoms with E-state index in [0.717, 1.165) is 53.8 Å². The van der Waals surface area contributed by atoms with Crippen LogP contribution in [-0.2, 0) is 9.59 Å². The molecule has 3 N–H and O–H groups in total. The normalized spacial score (nSPS) is 14.3. The van der Waals surface area contributed by atoms with Crippen LogP contribution in [0.25, 0.3) is 39.2 Å². The summed E-state index contributed by atoms with van der Waals surface area (Å²) in [6.07, 6.45) is 9.32. The molecule has 5 aromatic rings. The number of amides is 1. The molecule has 1 fully saturated rings. The highest BCUT2D eigenvalue weighted by molar-refractivity contribution is 6.00. The van der Waals surface area contributed by atoms with Gasteiger partial charge in [0.2, 0.25) is 5.91 Å². The average Bonchev–Trinajstić information content (AvgIpc) is 3.67. The molecule has 0 spiro atoms. The van der Waals surface area contributed by atoms with E-state index in [1.807, 2.05) is 38.6 Å². The van der Waals surface area contributed by atoms with Crippen molar-refractivity contribution < 1.29 is 32.3 Å². The molecule has 0 bridgehead atoms. The fourth-order valence-electron chi connectivity index (χ4n) is 4.55. The fraction of sp³-hybridized carbons (Fsp3) is 0.280. The summed E-state index contributed by atoms with van der Waals surface area (Å²) in [4.78, 5) is 35.3. The first-order valence-electron chi connectivity index (χ1n) is 12.1. The number of carboxylic acid groups (broad SMARTS) is 1. The predicted molar refractivity (Wildman–Crippen MR) is 136 cm³/mol. The van der Waals surface area contributed by atoms with Crippen LogP contribution in [0.3, 0.4) is 0 Å². The quantitative estimate of drug-likeness (QED) is 0.337. The topological polar surface area (TPSA) is 158 Å². The van der Waals surface area contributed by atoms with Crippen molar-refractivity contribution in [2.45, 2.75) is 32.0 Å². The van der Waals surface area contributed by atoms with E-state index in [1.165, 1.54) is 0 Å². The van der Waals surface area contributed by atoms with E-state index in [0.29, 0.717) is 17.2 Å². The van der Waals surface area contributed by atoms with Gasteiger partial charge in [0.1, 0.15) is 5.69 Å². The number of rotatable bonds is 3. The fourth-order valence-corrected chi connectivity index (χ4v) is 4.55. The van der Waals surface area contributed by atoms with Crippen molar-refractivity contribution in [1.29, 1.82) is 0 Å². The average molecular weight is 557 g/mol. The van der Waals surface area contributed by atoms with Gasteiger partial charge in [0.05, 0.1) is 24.6 Å². The molecule has 0 saturated carbocycles. The Labute approximate surface area is 223 Å². The first-order chi connectivity index (χ1) is 19.0. The number of nitrogens with two attached hydrogens (primary N) is 1. The van der Waals surface area contributed by atoms with Crippen LogP contribution in [0.5, 0.6) is 0 Å². The molecule has 0 aliphatic carbocycles. The maximum atomic E-state index is 11.6. The number of nitrogens with zero attached hydrogens (tertiary/aromatic N) is 7. The first kappa shape index (κ1) is 26.6. The summed E-state index contributed by atoms with van der Waals surface area (Å²) in [6.45, 7) is 3.13. The second-order valence-corrected chi connectivity index (χ2v) is 9.11. The molecule has 0 unspecified atom stereocenters. The molecule has 6 rings (SSSR count). The zero-order valence-electron chi connectivity index (χ0n) is 21.0.